The zero-order valence-corrected chi connectivity index (χ0v) is 15.7. The topological polar surface area (TPSA) is 100 Å². The first-order valence-corrected chi connectivity index (χ1v) is 9.07. The van der Waals surface area contributed by atoms with E-state index in [0.29, 0.717) is 22.7 Å². The van der Waals surface area contributed by atoms with Crippen LogP contribution in [0.25, 0.3) is 23.2 Å². The third-order valence-electron chi connectivity index (χ3n) is 4.19. The van der Waals surface area contributed by atoms with Gasteiger partial charge in [-0.3, -0.25) is 4.79 Å². The van der Waals surface area contributed by atoms with E-state index < -0.39 is 12.6 Å². The number of carbonyl (C=O) groups is 2. The number of furan rings is 1. The molecule has 0 bridgehead atoms. The van der Waals surface area contributed by atoms with Crippen LogP contribution in [-0.4, -0.2) is 38.6 Å². The van der Waals surface area contributed by atoms with Crippen molar-refractivity contribution in [3.05, 3.63) is 90.4 Å². The molecule has 0 aliphatic heterocycles. The van der Waals surface area contributed by atoms with Crippen LogP contribution in [0.4, 0.5) is 0 Å². The van der Waals surface area contributed by atoms with Crippen molar-refractivity contribution >= 4 is 23.5 Å². The Morgan fingerprint density at radius 2 is 1.70 bits per heavy atom. The Hall–Kier alpha value is -4.33. The molecule has 30 heavy (non-hydrogen) atoms. The van der Waals surface area contributed by atoms with Gasteiger partial charge in [-0.2, -0.15) is 4.68 Å². The van der Waals surface area contributed by atoms with Gasteiger partial charge in [0.1, 0.15) is 5.76 Å². The molecule has 0 aliphatic carbocycles. The highest BCUT2D eigenvalue weighted by Crippen LogP contribution is 2.21. The summed E-state index contributed by atoms with van der Waals surface area (Å²) < 4.78 is 11.8. The molecule has 2 aromatic heterocycles. The molecule has 0 aliphatic rings. The molecule has 148 valence electrons. The summed E-state index contributed by atoms with van der Waals surface area (Å²) in [6.07, 6.45) is 2.93. The largest absolute Gasteiger partial charge is 0.465 e. The van der Waals surface area contributed by atoms with Crippen molar-refractivity contribution in [2.45, 2.75) is 0 Å². The molecular weight excluding hydrogens is 384 g/mol. The van der Waals surface area contributed by atoms with Crippen LogP contribution in [0.3, 0.4) is 0 Å². The monoisotopic (exact) mass is 400 g/mol. The molecule has 4 aromatic rings. The van der Waals surface area contributed by atoms with Gasteiger partial charge in [-0.15, -0.1) is 5.10 Å². The minimum Gasteiger partial charge on any atom is -0.465 e. The predicted octanol–water partition coefficient (Wildman–Crippen LogP) is 3.36. The van der Waals surface area contributed by atoms with Gasteiger partial charge in [-0.25, -0.2) is 4.79 Å². The molecule has 0 spiro atoms. The van der Waals surface area contributed by atoms with Crippen LogP contribution >= 0.6 is 0 Å². The van der Waals surface area contributed by atoms with Crippen molar-refractivity contribution in [3.8, 4) is 11.4 Å². The maximum absolute atomic E-state index is 12.9. The Bertz CT molecular complexity index is 1170. The van der Waals surface area contributed by atoms with Gasteiger partial charge >= 0.3 is 5.97 Å². The number of rotatable bonds is 7. The lowest BCUT2D eigenvalue weighted by Crippen LogP contribution is -2.19. The molecule has 0 radical (unpaired) electrons. The van der Waals surface area contributed by atoms with E-state index in [9.17, 15) is 9.59 Å². The average Bonchev–Trinajstić information content (AvgIpc) is 3.49. The van der Waals surface area contributed by atoms with Gasteiger partial charge in [0.2, 0.25) is 0 Å². The minimum atomic E-state index is -0.764. The normalized spacial score (nSPS) is 11.3. The molecule has 2 aromatic carbocycles. The molecule has 4 rings (SSSR count). The molecular formula is C22H16N4O4. The lowest BCUT2D eigenvalue weighted by atomic mass is 10.1. The van der Waals surface area contributed by atoms with Crippen LogP contribution in [-0.2, 0) is 9.53 Å². The maximum atomic E-state index is 12.9. The lowest BCUT2D eigenvalue weighted by Gasteiger charge is -2.09. The standard InChI is InChI=1S/C22H16N4O4/c27-20(16-8-3-1-4-9-16)15-30-22(28)19(14-18-12-7-13-29-18)26-21(23-24-25-26)17-10-5-2-6-11-17/h1-14H,15H2/b19-14-. The fourth-order valence-electron chi connectivity index (χ4n) is 2.74. The molecule has 0 N–H and O–H groups in total. The number of ether oxygens (including phenoxy) is 1. The first-order valence-electron chi connectivity index (χ1n) is 9.07. The number of hydrogen-bond acceptors (Lipinski definition) is 7. The van der Waals surface area contributed by atoms with Crippen molar-refractivity contribution in [2.24, 2.45) is 0 Å². The van der Waals surface area contributed by atoms with E-state index in [0.717, 1.165) is 0 Å². The molecule has 0 atom stereocenters. The smallest absolute Gasteiger partial charge is 0.357 e. The summed E-state index contributed by atoms with van der Waals surface area (Å²) in [5.74, 6) is -0.327. The van der Waals surface area contributed by atoms with Crippen molar-refractivity contribution in [1.82, 2.24) is 20.2 Å². The number of ketones is 1. The van der Waals surface area contributed by atoms with Crippen molar-refractivity contribution in [2.75, 3.05) is 6.61 Å². The molecule has 0 amide bonds. The van der Waals surface area contributed by atoms with Gasteiger partial charge in [-0.1, -0.05) is 60.7 Å². The second-order valence-electron chi connectivity index (χ2n) is 6.19. The summed E-state index contributed by atoms with van der Waals surface area (Å²) in [7, 11) is 0. The molecule has 0 saturated heterocycles. The Morgan fingerprint density at radius 1 is 0.967 bits per heavy atom. The van der Waals surface area contributed by atoms with Gasteiger partial charge in [0, 0.05) is 17.2 Å². The predicted molar refractivity (Wildman–Crippen MR) is 108 cm³/mol. The minimum absolute atomic E-state index is 0.00895. The van der Waals surface area contributed by atoms with Crippen LogP contribution in [0.2, 0.25) is 0 Å². The van der Waals surface area contributed by atoms with E-state index >= 15 is 0 Å². The van der Waals surface area contributed by atoms with E-state index in [1.165, 1.54) is 17.0 Å². The van der Waals surface area contributed by atoms with E-state index in [4.69, 9.17) is 9.15 Å². The molecule has 2 heterocycles. The third kappa shape index (κ3) is 4.22. The zero-order valence-electron chi connectivity index (χ0n) is 15.7. The molecule has 0 saturated carbocycles. The van der Waals surface area contributed by atoms with Crippen LogP contribution < -0.4 is 0 Å². The van der Waals surface area contributed by atoms with E-state index in [1.54, 1.807) is 42.5 Å². The van der Waals surface area contributed by atoms with Crippen molar-refractivity contribution in [3.63, 3.8) is 0 Å². The van der Waals surface area contributed by atoms with Gasteiger partial charge in [-0.05, 0) is 22.6 Å². The summed E-state index contributed by atoms with van der Waals surface area (Å²) in [5.41, 5.74) is 1.17. The fraction of sp³-hybridized carbons (Fsp3) is 0.0455. The van der Waals surface area contributed by atoms with Crippen LogP contribution in [0, 0.1) is 0 Å². The molecule has 8 nitrogen and oxygen atoms in total. The SMILES string of the molecule is O=C(OCC(=O)c1ccccc1)/C(=C/c1ccco1)n1nnnc1-c1ccccc1. The first kappa shape index (κ1) is 19.0. The van der Waals surface area contributed by atoms with E-state index in [-0.39, 0.29) is 11.5 Å². The van der Waals surface area contributed by atoms with Gasteiger partial charge in [0.05, 0.1) is 6.26 Å². The highest BCUT2D eigenvalue weighted by atomic mass is 16.5. The highest BCUT2D eigenvalue weighted by Gasteiger charge is 2.22. The average molecular weight is 400 g/mol. The Kier molecular flexibility index (Phi) is 5.56. The van der Waals surface area contributed by atoms with Gasteiger partial charge in [0.15, 0.2) is 23.9 Å². The number of Topliss-reactive ketones (excluding diaryl/α,β-unsaturated/α-hetero) is 1. The Labute approximate surface area is 171 Å². The summed E-state index contributed by atoms with van der Waals surface area (Å²) in [5, 5.41) is 11.6. The second-order valence-corrected chi connectivity index (χ2v) is 6.19. The third-order valence-corrected chi connectivity index (χ3v) is 4.19. The number of esters is 1. The summed E-state index contributed by atoms with van der Waals surface area (Å²) in [6.45, 7) is -0.416. The molecule has 8 heteroatoms. The lowest BCUT2D eigenvalue weighted by molar-refractivity contribution is -0.136. The second kappa shape index (κ2) is 8.78. The van der Waals surface area contributed by atoms with E-state index in [2.05, 4.69) is 15.5 Å². The number of hydrogen-bond donors (Lipinski definition) is 0. The number of carbonyl (C=O) groups excluding carboxylic acids is 2. The van der Waals surface area contributed by atoms with Crippen molar-refractivity contribution < 1.29 is 18.7 Å². The van der Waals surface area contributed by atoms with Crippen LogP contribution in [0.5, 0.6) is 0 Å². The van der Waals surface area contributed by atoms with Crippen LogP contribution in [0.1, 0.15) is 16.1 Å². The summed E-state index contributed by atoms with van der Waals surface area (Å²) in [6, 6.07) is 21.1. The van der Waals surface area contributed by atoms with Crippen molar-refractivity contribution in [1.29, 1.82) is 0 Å². The zero-order chi connectivity index (χ0) is 20.8. The van der Waals surface area contributed by atoms with Gasteiger partial charge in [0.25, 0.3) is 0 Å². The summed E-state index contributed by atoms with van der Waals surface area (Å²) in [4.78, 5) is 25.2. The number of tetrazole rings is 1. The maximum Gasteiger partial charge on any atom is 0.357 e. The first-order chi connectivity index (χ1) is 14.7. The molecule has 0 unspecified atom stereocenters. The fourth-order valence-corrected chi connectivity index (χ4v) is 2.74. The number of nitrogens with zero attached hydrogens (tertiary/aromatic N) is 4. The summed E-state index contributed by atoms with van der Waals surface area (Å²) >= 11 is 0. The molecule has 0 fully saturated rings. The number of aromatic nitrogens is 4. The Morgan fingerprint density at radius 3 is 2.40 bits per heavy atom. The highest BCUT2D eigenvalue weighted by molar-refractivity contribution is 6.16. The van der Waals surface area contributed by atoms with E-state index in [1.807, 2.05) is 30.3 Å². The number of benzene rings is 2. The Balaban J connectivity index is 1.63. The van der Waals surface area contributed by atoms with Gasteiger partial charge < -0.3 is 9.15 Å². The van der Waals surface area contributed by atoms with Crippen LogP contribution in [0.15, 0.2) is 83.5 Å². The quantitative estimate of drug-likeness (QED) is 0.266.